The number of hydrogen-bond acceptors (Lipinski definition) is 3. The van der Waals surface area contributed by atoms with E-state index in [9.17, 15) is 4.79 Å². The lowest BCUT2D eigenvalue weighted by Crippen LogP contribution is -2.53. The molecule has 0 aromatic carbocycles. The highest BCUT2D eigenvalue weighted by Crippen LogP contribution is 2.10. The maximum Gasteiger partial charge on any atom is 0.242 e. The van der Waals surface area contributed by atoms with Gasteiger partial charge < -0.3 is 15.1 Å². The average molecular weight is 213 g/mol. The zero-order chi connectivity index (χ0) is 11.5. The number of carbonyl (C=O) groups excluding carboxylic acids is 1. The smallest absolute Gasteiger partial charge is 0.242 e. The van der Waals surface area contributed by atoms with Gasteiger partial charge in [-0.15, -0.1) is 0 Å². The maximum absolute atomic E-state index is 12.2. The summed E-state index contributed by atoms with van der Waals surface area (Å²) < 4.78 is 0. The Morgan fingerprint density at radius 2 is 1.87 bits per heavy atom. The molecule has 1 N–H and O–H groups in total. The molecular weight excluding hydrogens is 190 g/mol. The summed E-state index contributed by atoms with van der Waals surface area (Å²) in [5.74, 6) is 0.209. The normalized spacial score (nSPS) is 20.1. The van der Waals surface area contributed by atoms with Gasteiger partial charge in [-0.3, -0.25) is 4.79 Å². The predicted octanol–water partition coefficient (Wildman–Crippen LogP) is 0.149. The van der Waals surface area contributed by atoms with Crippen molar-refractivity contribution in [1.82, 2.24) is 15.1 Å². The van der Waals surface area contributed by atoms with Crippen molar-refractivity contribution in [2.75, 3.05) is 40.3 Å². The minimum Gasteiger partial charge on any atom is -0.340 e. The van der Waals surface area contributed by atoms with E-state index in [-0.39, 0.29) is 5.91 Å². The Balaban J connectivity index is 2.59. The Bertz CT molecular complexity index is 228. The summed E-state index contributed by atoms with van der Waals surface area (Å²) in [5.41, 5.74) is -0.442. The molecule has 0 bridgehead atoms. The van der Waals surface area contributed by atoms with Gasteiger partial charge in [0.1, 0.15) is 0 Å². The van der Waals surface area contributed by atoms with E-state index in [0.29, 0.717) is 0 Å². The molecule has 4 nitrogen and oxygen atoms in total. The fourth-order valence-electron chi connectivity index (χ4n) is 1.75. The lowest BCUT2D eigenvalue weighted by molar-refractivity contribution is -0.136. The molecule has 0 aromatic heterocycles. The molecule has 1 rings (SSSR count). The molecule has 1 amide bonds. The molecule has 0 spiro atoms. The topological polar surface area (TPSA) is 35.6 Å². The van der Waals surface area contributed by atoms with Gasteiger partial charge in [0, 0.05) is 19.6 Å². The van der Waals surface area contributed by atoms with Gasteiger partial charge in [0.15, 0.2) is 0 Å². The second-order valence-electron chi connectivity index (χ2n) is 4.82. The maximum atomic E-state index is 12.2. The zero-order valence-electron chi connectivity index (χ0n) is 10.3. The van der Waals surface area contributed by atoms with E-state index < -0.39 is 5.54 Å². The lowest BCUT2D eigenvalue weighted by atomic mass is 10.0. The third kappa shape index (κ3) is 3.18. The molecule has 0 saturated carbocycles. The third-order valence-electron chi connectivity index (χ3n) is 3.17. The zero-order valence-corrected chi connectivity index (χ0v) is 10.3. The molecule has 1 saturated heterocycles. The lowest BCUT2D eigenvalue weighted by Gasteiger charge is -2.30. The number of likely N-dealkylation sites (N-methyl/N-ethyl adjacent to an activating group) is 2. The first-order valence-electron chi connectivity index (χ1n) is 5.64. The summed E-state index contributed by atoms with van der Waals surface area (Å²) in [6, 6.07) is 0. The van der Waals surface area contributed by atoms with Gasteiger partial charge in [0.05, 0.1) is 5.54 Å². The van der Waals surface area contributed by atoms with Gasteiger partial charge in [0.2, 0.25) is 5.91 Å². The van der Waals surface area contributed by atoms with Crippen molar-refractivity contribution in [2.45, 2.75) is 25.8 Å². The Kier molecular flexibility index (Phi) is 4.11. The number of rotatable bonds is 2. The van der Waals surface area contributed by atoms with Crippen LogP contribution in [0.3, 0.4) is 0 Å². The van der Waals surface area contributed by atoms with Gasteiger partial charge >= 0.3 is 0 Å². The Morgan fingerprint density at radius 3 is 2.47 bits per heavy atom. The monoisotopic (exact) mass is 213 g/mol. The van der Waals surface area contributed by atoms with E-state index in [4.69, 9.17) is 0 Å². The standard InChI is InChI=1S/C11H23N3O/c1-11(2,12-3)10(15)14-7-5-6-13(4)8-9-14/h12H,5-9H2,1-4H3. The molecule has 1 fully saturated rings. The number of carbonyl (C=O) groups is 1. The van der Waals surface area contributed by atoms with Gasteiger partial charge in [-0.2, -0.15) is 0 Å². The molecular formula is C11H23N3O. The summed E-state index contributed by atoms with van der Waals surface area (Å²) in [6.07, 6.45) is 1.07. The van der Waals surface area contributed by atoms with E-state index in [1.54, 1.807) is 0 Å². The van der Waals surface area contributed by atoms with Crippen LogP contribution in [0.2, 0.25) is 0 Å². The Hall–Kier alpha value is -0.610. The Morgan fingerprint density at radius 1 is 1.20 bits per heavy atom. The van der Waals surface area contributed by atoms with Gasteiger partial charge in [-0.05, 0) is 40.9 Å². The van der Waals surface area contributed by atoms with Crippen LogP contribution < -0.4 is 5.32 Å². The summed E-state index contributed by atoms with van der Waals surface area (Å²) in [5, 5.41) is 3.07. The summed E-state index contributed by atoms with van der Waals surface area (Å²) in [4.78, 5) is 16.4. The second-order valence-corrected chi connectivity index (χ2v) is 4.82. The van der Waals surface area contributed by atoms with Crippen molar-refractivity contribution in [3.8, 4) is 0 Å². The fourth-order valence-corrected chi connectivity index (χ4v) is 1.75. The minimum absolute atomic E-state index is 0.209. The van der Waals surface area contributed by atoms with Crippen LogP contribution >= 0.6 is 0 Å². The van der Waals surface area contributed by atoms with Gasteiger partial charge in [0.25, 0.3) is 0 Å². The number of nitrogens with zero attached hydrogens (tertiary/aromatic N) is 2. The van der Waals surface area contributed by atoms with E-state index in [1.165, 1.54) is 0 Å². The van der Waals surface area contributed by atoms with E-state index >= 15 is 0 Å². The first kappa shape index (κ1) is 12.5. The van der Waals surface area contributed by atoms with Crippen LogP contribution in [0, 0.1) is 0 Å². The first-order chi connectivity index (χ1) is 6.97. The van der Waals surface area contributed by atoms with Crippen LogP contribution in [0.1, 0.15) is 20.3 Å². The SMILES string of the molecule is CNC(C)(C)C(=O)N1CCCN(C)CC1. The molecule has 88 valence electrons. The van der Waals surface area contributed by atoms with Crippen molar-refractivity contribution in [3.05, 3.63) is 0 Å². The van der Waals surface area contributed by atoms with Crippen molar-refractivity contribution < 1.29 is 4.79 Å². The van der Waals surface area contributed by atoms with Crippen LogP contribution in [-0.4, -0.2) is 61.5 Å². The van der Waals surface area contributed by atoms with Crippen molar-refractivity contribution >= 4 is 5.91 Å². The number of amides is 1. The first-order valence-corrected chi connectivity index (χ1v) is 5.64. The molecule has 1 aliphatic rings. The molecule has 0 radical (unpaired) electrons. The molecule has 0 atom stereocenters. The van der Waals surface area contributed by atoms with E-state index in [0.717, 1.165) is 32.6 Å². The quantitative estimate of drug-likeness (QED) is 0.709. The molecule has 1 aliphatic heterocycles. The van der Waals surface area contributed by atoms with Crippen LogP contribution in [0.4, 0.5) is 0 Å². The summed E-state index contributed by atoms with van der Waals surface area (Å²) in [6.45, 7) is 7.66. The average Bonchev–Trinajstić information content (AvgIpc) is 2.42. The number of nitrogens with one attached hydrogen (secondary N) is 1. The third-order valence-corrected chi connectivity index (χ3v) is 3.17. The summed E-state index contributed by atoms with van der Waals surface area (Å²) >= 11 is 0. The molecule has 4 heteroatoms. The molecule has 0 aromatic rings. The largest absolute Gasteiger partial charge is 0.340 e. The highest BCUT2D eigenvalue weighted by Gasteiger charge is 2.30. The van der Waals surface area contributed by atoms with Crippen molar-refractivity contribution in [3.63, 3.8) is 0 Å². The van der Waals surface area contributed by atoms with Gasteiger partial charge in [-0.1, -0.05) is 0 Å². The minimum atomic E-state index is -0.442. The highest BCUT2D eigenvalue weighted by atomic mass is 16.2. The van der Waals surface area contributed by atoms with Crippen molar-refractivity contribution in [1.29, 1.82) is 0 Å². The van der Waals surface area contributed by atoms with Crippen molar-refractivity contribution in [2.24, 2.45) is 0 Å². The molecule has 1 heterocycles. The second kappa shape index (κ2) is 4.94. The molecule has 0 aliphatic carbocycles. The van der Waals surface area contributed by atoms with Gasteiger partial charge in [-0.25, -0.2) is 0 Å². The predicted molar refractivity (Wildman–Crippen MR) is 61.8 cm³/mol. The fraction of sp³-hybridized carbons (Fsp3) is 0.909. The van der Waals surface area contributed by atoms with E-state index in [1.807, 2.05) is 25.8 Å². The summed E-state index contributed by atoms with van der Waals surface area (Å²) in [7, 11) is 3.94. The van der Waals surface area contributed by atoms with Crippen LogP contribution in [0.25, 0.3) is 0 Å². The number of hydrogen-bond donors (Lipinski definition) is 1. The van der Waals surface area contributed by atoms with Crippen LogP contribution in [0.5, 0.6) is 0 Å². The van der Waals surface area contributed by atoms with Crippen LogP contribution in [0.15, 0.2) is 0 Å². The Labute approximate surface area is 92.6 Å². The molecule has 15 heavy (non-hydrogen) atoms. The van der Waals surface area contributed by atoms with E-state index in [2.05, 4.69) is 17.3 Å². The molecule has 0 unspecified atom stereocenters. The highest BCUT2D eigenvalue weighted by molar-refractivity contribution is 5.85. The van der Waals surface area contributed by atoms with Crippen LogP contribution in [-0.2, 0) is 4.79 Å².